The van der Waals surface area contributed by atoms with Crippen molar-refractivity contribution in [1.82, 2.24) is 0 Å². The van der Waals surface area contributed by atoms with Crippen molar-refractivity contribution in [2.24, 2.45) is 5.73 Å². The third-order valence-electron chi connectivity index (χ3n) is 3.44. The van der Waals surface area contributed by atoms with Crippen molar-refractivity contribution in [1.29, 1.82) is 0 Å². The number of hydrogen-bond donors (Lipinski definition) is 1. The zero-order chi connectivity index (χ0) is 14.3. The molecule has 2 N–H and O–H groups in total. The van der Waals surface area contributed by atoms with Crippen LogP contribution in [-0.4, -0.2) is 11.9 Å². The number of hydrogen-bond acceptors (Lipinski definition) is 2. The number of benzene rings is 2. The molecule has 1 aliphatic rings. The Balaban J connectivity index is 1.97. The second-order valence-electron chi connectivity index (χ2n) is 4.71. The van der Waals surface area contributed by atoms with E-state index in [4.69, 9.17) is 17.3 Å². The van der Waals surface area contributed by atoms with Gasteiger partial charge >= 0.3 is 0 Å². The molecule has 1 fully saturated rings. The van der Waals surface area contributed by atoms with Crippen molar-refractivity contribution in [3.63, 3.8) is 0 Å². The van der Waals surface area contributed by atoms with E-state index in [1.807, 2.05) is 42.5 Å². The highest BCUT2D eigenvalue weighted by atomic mass is 79.9. The van der Waals surface area contributed by atoms with Crippen LogP contribution < -0.4 is 10.6 Å². The van der Waals surface area contributed by atoms with Crippen LogP contribution in [0.5, 0.6) is 0 Å². The van der Waals surface area contributed by atoms with Crippen LogP contribution in [0.15, 0.2) is 53.0 Å². The Morgan fingerprint density at radius 1 is 1.15 bits per heavy atom. The van der Waals surface area contributed by atoms with Gasteiger partial charge in [-0.05, 0) is 42.0 Å². The molecule has 3 rings (SSSR count). The van der Waals surface area contributed by atoms with Crippen LogP contribution in [-0.2, 0) is 4.79 Å². The minimum Gasteiger partial charge on any atom is -0.318 e. The molecular formula is C15H12BrClN2O. The van der Waals surface area contributed by atoms with Crippen molar-refractivity contribution in [3.05, 3.63) is 63.6 Å². The molecule has 0 spiro atoms. The van der Waals surface area contributed by atoms with Crippen molar-refractivity contribution in [2.45, 2.75) is 12.1 Å². The fraction of sp³-hybridized carbons (Fsp3) is 0.133. The van der Waals surface area contributed by atoms with Gasteiger partial charge in [0.15, 0.2) is 0 Å². The summed E-state index contributed by atoms with van der Waals surface area (Å²) in [4.78, 5) is 13.8. The first-order valence-corrected chi connectivity index (χ1v) is 7.35. The molecule has 1 amide bonds. The maximum atomic E-state index is 12.1. The largest absolute Gasteiger partial charge is 0.318 e. The van der Waals surface area contributed by atoms with Crippen LogP contribution in [0.3, 0.4) is 0 Å². The lowest BCUT2D eigenvalue weighted by Gasteiger charge is -2.45. The SMILES string of the molecule is N[C@@H]1C(=O)N(c2ccc(Br)cc2)[C@H]1c1cccc(Cl)c1. The van der Waals surface area contributed by atoms with Gasteiger partial charge in [0.25, 0.3) is 0 Å². The first kappa shape index (κ1) is 13.6. The summed E-state index contributed by atoms with van der Waals surface area (Å²) in [6, 6.07) is 14.4. The molecule has 3 nitrogen and oxygen atoms in total. The summed E-state index contributed by atoms with van der Waals surface area (Å²) in [5.74, 6) is -0.0719. The Labute approximate surface area is 130 Å². The standard InChI is InChI=1S/C15H12BrClN2O/c16-10-4-6-12(7-5-10)19-14(13(18)15(19)20)9-2-1-3-11(17)8-9/h1-8,13-14H,18H2/t13-,14-/m0/s1. The van der Waals surface area contributed by atoms with Crippen LogP contribution in [0.2, 0.25) is 5.02 Å². The molecule has 0 aliphatic carbocycles. The first-order valence-electron chi connectivity index (χ1n) is 6.17. The van der Waals surface area contributed by atoms with E-state index in [1.54, 1.807) is 11.0 Å². The van der Waals surface area contributed by atoms with Gasteiger partial charge in [0.05, 0.1) is 6.04 Å². The monoisotopic (exact) mass is 350 g/mol. The highest BCUT2D eigenvalue weighted by Gasteiger charge is 2.46. The van der Waals surface area contributed by atoms with Crippen LogP contribution in [0, 0.1) is 0 Å². The zero-order valence-electron chi connectivity index (χ0n) is 10.5. The van der Waals surface area contributed by atoms with E-state index in [0.717, 1.165) is 15.7 Å². The molecule has 0 saturated carbocycles. The smallest absolute Gasteiger partial charge is 0.247 e. The molecule has 0 unspecified atom stereocenters. The molecule has 0 aromatic heterocycles. The first-order chi connectivity index (χ1) is 9.58. The highest BCUT2D eigenvalue weighted by molar-refractivity contribution is 9.10. The average molecular weight is 352 g/mol. The van der Waals surface area contributed by atoms with Gasteiger partial charge in [-0.2, -0.15) is 0 Å². The fourth-order valence-corrected chi connectivity index (χ4v) is 2.91. The Kier molecular flexibility index (Phi) is 3.54. The highest BCUT2D eigenvalue weighted by Crippen LogP contribution is 2.38. The minimum atomic E-state index is -0.517. The van der Waals surface area contributed by atoms with E-state index in [-0.39, 0.29) is 11.9 Å². The number of carbonyl (C=O) groups is 1. The molecule has 2 atom stereocenters. The fourth-order valence-electron chi connectivity index (χ4n) is 2.45. The van der Waals surface area contributed by atoms with E-state index in [0.29, 0.717) is 5.02 Å². The van der Waals surface area contributed by atoms with Crippen LogP contribution in [0.4, 0.5) is 5.69 Å². The van der Waals surface area contributed by atoms with Crippen LogP contribution >= 0.6 is 27.5 Å². The summed E-state index contributed by atoms with van der Waals surface area (Å²) in [6.45, 7) is 0. The predicted molar refractivity (Wildman–Crippen MR) is 83.8 cm³/mol. The normalized spacial score (nSPS) is 21.8. The minimum absolute atomic E-state index is 0.0719. The van der Waals surface area contributed by atoms with Crippen LogP contribution in [0.25, 0.3) is 0 Å². The lowest BCUT2D eigenvalue weighted by Crippen LogP contribution is -2.63. The average Bonchev–Trinajstić information content (AvgIpc) is 2.45. The number of anilines is 1. The number of rotatable bonds is 2. The van der Waals surface area contributed by atoms with E-state index in [1.165, 1.54) is 0 Å². The zero-order valence-corrected chi connectivity index (χ0v) is 12.8. The van der Waals surface area contributed by atoms with Gasteiger partial charge in [-0.25, -0.2) is 0 Å². The number of β-lactam (4-membered cyclic amide) rings is 1. The topological polar surface area (TPSA) is 46.3 Å². The second kappa shape index (κ2) is 5.20. The Morgan fingerprint density at radius 3 is 2.50 bits per heavy atom. The molecular weight excluding hydrogens is 340 g/mol. The molecule has 1 aliphatic heterocycles. The van der Waals surface area contributed by atoms with Gasteiger partial charge in [-0.15, -0.1) is 0 Å². The van der Waals surface area contributed by atoms with Crippen molar-refractivity contribution >= 4 is 39.1 Å². The van der Waals surface area contributed by atoms with E-state index in [2.05, 4.69) is 15.9 Å². The predicted octanol–water partition coefficient (Wildman–Crippen LogP) is 3.52. The van der Waals surface area contributed by atoms with Gasteiger partial charge in [-0.1, -0.05) is 39.7 Å². The Hall–Kier alpha value is -1.36. The second-order valence-corrected chi connectivity index (χ2v) is 6.06. The maximum Gasteiger partial charge on any atom is 0.247 e. The molecule has 0 radical (unpaired) electrons. The van der Waals surface area contributed by atoms with Crippen molar-refractivity contribution in [3.8, 4) is 0 Å². The molecule has 20 heavy (non-hydrogen) atoms. The Morgan fingerprint density at radius 2 is 1.85 bits per heavy atom. The summed E-state index contributed by atoms with van der Waals surface area (Å²) in [7, 11) is 0. The molecule has 2 aromatic carbocycles. The lowest BCUT2D eigenvalue weighted by molar-refractivity contribution is -0.126. The van der Waals surface area contributed by atoms with Gasteiger partial charge in [-0.3, -0.25) is 4.79 Å². The van der Waals surface area contributed by atoms with Gasteiger partial charge in [0.2, 0.25) is 5.91 Å². The summed E-state index contributed by atoms with van der Waals surface area (Å²) in [6.07, 6.45) is 0. The quantitative estimate of drug-likeness (QED) is 0.842. The maximum absolute atomic E-state index is 12.1. The lowest BCUT2D eigenvalue weighted by atomic mass is 9.88. The molecule has 1 saturated heterocycles. The third kappa shape index (κ3) is 2.24. The summed E-state index contributed by atoms with van der Waals surface area (Å²) < 4.78 is 0.970. The van der Waals surface area contributed by atoms with Gasteiger partial charge in [0, 0.05) is 15.2 Å². The number of carbonyl (C=O) groups excluding carboxylic acids is 1. The number of halogens is 2. The number of nitrogens with zero attached hydrogens (tertiary/aromatic N) is 1. The number of nitrogens with two attached hydrogens (primary N) is 1. The van der Waals surface area contributed by atoms with E-state index in [9.17, 15) is 4.79 Å². The van der Waals surface area contributed by atoms with Gasteiger partial charge in [0.1, 0.15) is 6.04 Å². The van der Waals surface area contributed by atoms with Crippen molar-refractivity contribution < 1.29 is 4.79 Å². The van der Waals surface area contributed by atoms with E-state index < -0.39 is 6.04 Å². The molecule has 102 valence electrons. The summed E-state index contributed by atoms with van der Waals surface area (Å²) >= 11 is 9.40. The summed E-state index contributed by atoms with van der Waals surface area (Å²) in [5.41, 5.74) is 7.75. The van der Waals surface area contributed by atoms with E-state index >= 15 is 0 Å². The Bertz CT molecular complexity index is 659. The van der Waals surface area contributed by atoms with Gasteiger partial charge < -0.3 is 10.6 Å². The molecule has 1 heterocycles. The third-order valence-corrected chi connectivity index (χ3v) is 4.20. The summed E-state index contributed by atoms with van der Waals surface area (Å²) in [5, 5.41) is 0.643. The van der Waals surface area contributed by atoms with Crippen LogP contribution in [0.1, 0.15) is 11.6 Å². The molecule has 2 aromatic rings. The van der Waals surface area contributed by atoms with Crippen molar-refractivity contribution in [2.75, 3.05) is 4.90 Å². The number of amides is 1. The molecule has 0 bridgehead atoms. The molecule has 5 heteroatoms.